The fourth-order valence-electron chi connectivity index (χ4n) is 2.26. The Hall–Kier alpha value is -1.67. The highest BCUT2D eigenvalue weighted by molar-refractivity contribution is 6.10. The van der Waals surface area contributed by atoms with Crippen LogP contribution in [0.25, 0.3) is 0 Å². The number of alkyl halides is 5. The van der Waals surface area contributed by atoms with Crippen LogP contribution in [0.5, 0.6) is 0 Å². The minimum atomic E-state index is -4.94. The van der Waals surface area contributed by atoms with E-state index in [1.807, 2.05) is 0 Å². The minimum Gasteiger partial charge on any atom is -0.480 e. The molecule has 2 rings (SSSR count). The van der Waals surface area contributed by atoms with Gasteiger partial charge in [-0.2, -0.15) is 22.0 Å². The number of hydrogen-bond donors (Lipinski definition) is 2. The Bertz CT molecular complexity index is 495. The predicted molar refractivity (Wildman–Crippen MR) is 53.8 cm³/mol. The summed E-state index contributed by atoms with van der Waals surface area (Å²) >= 11 is 0. The molecule has 4 nitrogen and oxygen atoms in total. The second-order valence-electron chi connectivity index (χ2n) is 4.46. The van der Waals surface area contributed by atoms with Crippen LogP contribution in [0, 0.1) is 11.8 Å². The van der Waals surface area contributed by atoms with Gasteiger partial charge in [-0.25, -0.2) is 0 Å². The van der Waals surface area contributed by atoms with E-state index in [2.05, 4.69) is 4.99 Å². The van der Waals surface area contributed by atoms with E-state index < -0.39 is 53.4 Å². The van der Waals surface area contributed by atoms with Crippen molar-refractivity contribution in [1.82, 2.24) is 0 Å². The standard InChI is InChI=1S/C10H9F5N2O2/c11-9(12)4-1-3(4)6(7(16)10(13,14)15)8(9)17-2-5(18)19/h3-4H,1-2,16H2,(H,18,19)/t3-,4+/m0/s1. The van der Waals surface area contributed by atoms with Crippen molar-refractivity contribution in [2.75, 3.05) is 6.54 Å². The third-order valence-corrected chi connectivity index (χ3v) is 3.17. The van der Waals surface area contributed by atoms with Gasteiger partial charge in [-0.3, -0.25) is 9.79 Å². The molecule has 0 saturated heterocycles. The van der Waals surface area contributed by atoms with E-state index in [-0.39, 0.29) is 6.42 Å². The maximum absolute atomic E-state index is 13.7. The molecular formula is C10H9F5N2O2. The molecule has 0 amide bonds. The Labute approximate surface area is 103 Å². The van der Waals surface area contributed by atoms with Crippen LogP contribution in [0.4, 0.5) is 22.0 Å². The highest BCUT2D eigenvalue weighted by Crippen LogP contribution is 2.62. The Morgan fingerprint density at radius 2 is 2.05 bits per heavy atom. The van der Waals surface area contributed by atoms with Gasteiger partial charge in [-0.15, -0.1) is 0 Å². The highest BCUT2D eigenvalue weighted by Gasteiger charge is 2.68. The van der Waals surface area contributed by atoms with Crippen molar-refractivity contribution >= 4 is 11.7 Å². The van der Waals surface area contributed by atoms with E-state index >= 15 is 0 Å². The van der Waals surface area contributed by atoms with Gasteiger partial charge >= 0.3 is 12.1 Å². The van der Waals surface area contributed by atoms with Gasteiger partial charge in [-0.1, -0.05) is 0 Å². The number of aliphatic carboxylic acids is 1. The van der Waals surface area contributed by atoms with Crippen LogP contribution in [0.15, 0.2) is 16.3 Å². The first-order chi connectivity index (χ1) is 8.56. The molecule has 0 aromatic heterocycles. The summed E-state index contributed by atoms with van der Waals surface area (Å²) < 4.78 is 65.0. The lowest BCUT2D eigenvalue weighted by atomic mass is 10.0. The van der Waals surface area contributed by atoms with Gasteiger partial charge in [0.15, 0.2) is 0 Å². The first kappa shape index (κ1) is 13.8. The lowest BCUT2D eigenvalue weighted by molar-refractivity contribution is -0.135. The molecule has 0 radical (unpaired) electrons. The summed E-state index contributed by atoms with van der Waals surface area (Å²) in [7, 11) is 0. The smallest absolute Gasteiger partial charge is 0.431 e. The zero-order chi connectivity index (χ0) is 14.6. The number of fused-ring (bicyclic) bond motifs is 1. The van der Waals surface area contributed by atoms with Crippen LogP contribution in [0.3, 0.4) is 0 Å². The normalized spacial score (nSPS) is 33.2. The first-order valence-corrected chi connectivity index (χ1v) is 5.28. The van der Waals surface area contributed by atoms with E-state index in [9.17, 15) is 26.7 Å². The lowest BCUT2D eigenvalue weighted by Gasteiger charge is -2.17. The first-order valence-electron chi connectivity index (χ1n) is 5.28. The van der Waals surface area contributed by atoms with Crippen molar-refractivity contribution in [2.45, 2.75) is 18.5 Å². The van der Waals surface area contributed by atoms with Crippen molar-refractivity contribution in [3.8, 4) is 0 Å². The summed E-state index contributed by atoms with van der Waals surface area (Å²) in [6.45, 7) is -1.01. The van der Waals surface area contributed by atoms with Crippen molar-refractivity contribution in [1.29, 1.82) is 0 Å². The second kappa shape index (κ2) is 3.91. The quantitative estimate of drug-likeness (QED) is 0.756. The highest BCUT2D eigenvalue weighted by atomic mass is 19.4. The molecule has 3 N–H and O–H groups in total. The number of hydrogen-bond acceptors (Lipinski definition) is 3. The number of nitrogens with two attached hydrogens (primary N) is 1. The molecule has 2 saturated carbocycles. The molecule has 0 bridgehead atoms. The second-order valence-corrected chi connectivity index (χ2v) is 4.46. The average molecular weight is 284 g/mol. The van der Waals surface area contributed by atoms with E-state index in [0.717, 1.165) is 0 Å². The van der Waals surface area contributed by atoms with Crippen LogP contribution < -0.4 is 5.73 Å². The summed E-state index contributed by atoms with van der Waals surface area (Å²) in [6.07, 6.45) is -5.03. The predicted octanol–water partition coefficient (Wildman–Crippen LogP) is 1.57. The fourth-order valence-corrected chi connectivity index (χ4v) is 2.26. The largest absolute Gasteiger partial charge is 0.480 e. The Morgan fingerprint density at radius 3 is 2.53 bits per heavy atom. The third-order valence-electron chi connectivity index (χ3n) is 3.17. The summed E-state index contributed by atoms with van der Waals surface area (Å²) in [4.78, 5) is 13.4. The van der Waals surface area contributed by atoms with Gasteiger partial charge in [0.05, 0.1) is 0 Å². The maximum Gasteiger partial charge on any atom is 0.431 e. The molecule has 0 aliphatic heterocycles. The fraction of sp³-hybridized carbons (Fsp3) is 0.600. The number of carboxylic acid groups (broad SMARTS) is 1. The Kier molecular flexibility index (Phi) is 2.83. The zero-order valence-electron chi connectivity index (χ0n) is 9.34. The summed E-state index contributed by atoms with van der Waals surface area (Å²) in [5, 5.41) is 8.38. The van der Waals surface area contributed by atoms with Gasteiger partial charge in [0.25, 0.3) is 5.92 Å². The average Bonchev–Trinajstić information content (AvgIpc) is 2.97. The van der Waals surface area contributed by atoms with Crippen LogP contribution in [-0.4, -0.2) is 35.4 Å². The molecule has 0 unspecified atom stereocenters. The number of rotatable bonds is 2. The number of carboxylic acids is 1. The topological polar surface area (TPSA) is 75.7 Å². The summed E-state index contributed by atoms with van der Waals surface area (Å²) in [5.74, 6) is -7.29. The molecule has 9 heteroatoms. The van der Waals surface area contributed by atoms with Crippen LogP contribution in [-0.2, 0) is 4.79 Å². The van der Waals surface area contributed by atoms with Gasteiger partial charge in [0.1, 0.15) is 18.0 Å². The van der Waals surface area contributed by atoms with E-state index in [1.165, 1.54) is 0 Å². The zero-order valence-corrected chi connectivity index (χ0v) is 9.34. The molecule has 2 aliphatic carbocycles. The maximum atomic E-state index is 13.7. The monoisotopic (exact) mass is 284 g/mol. The summed E-state index contributed by atoms with van der Waals surface area (Å²) in [6, 6.07) is 0. The summed E-state index contributed by atoms with van der Waals surface area (Å²) in [5.41, 5.74) is 1.39. The Balaban J connectivity index is 2.48. The van der Waals surface area contributed by atoms with Crippen LogP contribution >= 0.6 is 0 Å². The third kappa shape index (κ3) is 2.17. The molecule has 0 aromatic carbocycles. The van der Waals surface area contributed by atoms with Gasteiger partial charge in [0, 0.05) is 11.5 Å². The SMILES string of the molecule is NC(=C1C(=NCC(=O)O)C(F)(F)[C@@H]2C[C@H]12)C(F)(F)F. The Morgan fingerprint density at radius 1 is 1.47 bits per heavy atom. The number of allylic oxidation sites excluding steroid dienone is 2. The van der Waals surface area contributed by atoms with Crippen LogP contribution in [0.2, 0.25) is 0 Å². The number of aliphatic imine (C=N–C) groups is 1. The molecule has 2 aliphatic rings. The number of halogens is 5. The molecule has 0 heterocycles. The molecule has 0 spiro atoms. The molecule has 2 atom stereocenters. The van der Waals surface area contributed by atoms with Crippen molar-refractivity contribution in [3.63, 3.8) is 0 Å². The molecule has 106 valence electrons. The van der Waals surface area contributed by atoms with Gasteiger partial charge < -0.3 is 10.8 Å². The number of nitrogens with zero attached hydrogens (tertiary/aromatic N) is 1. The van der Waals surface area contributed by atoms with Gasteiger partial charge in [0.2, 0.25) is 0 Å². The van der Waals surface area contributed by atoms with Crippen LogP contribution in [0.1, 0.15) is 6.42 Å². The van der Waals surface area contributed by atoms with E-state index in [1.54, 1.807) is 0 Å². The molecule has 2 fully saturated rings. The molecule has 0 aromatic rings. The van der Waals surface area contributed by atoms with Crippen molar-refractivity contribution in [3.05, 3.63) is 11.3 Å². The van der Waals surface area contributed by atoms with E-state index in [4.69, 9.17) is 10.8 Å². The van der Waals surface area contributed by atoms with Crippen molar-refractivity contribution < 1.29 is 31.9 Å². The minimum absolute atomic E-state index is 0.0921. The molecule has 19 heavy (non-hydrogen) atoms. The number of carbonyl (C=O) groups is 1. The lowest BCUT2D eigenvalue weighted by Crippen LogP contribution is -2.32. The molecular weight excluding hydrogens is 275 g/mol. The van der Waals surface area contributed by atoms with Crippen molar-refractivity contribution in [2.24, 2.45) is 22.6 Å². The van der Waals surface area contributed by atoms with Gasteiger partial charge in [-0.05, 0) is 12.3 Å². The van der Waals surface area contributed by atoms with E-state index in [0.29, 0.717) is 0 Å².